The minimum atomic E-state index is -3.89. The number of sulfonamides is 1. The molecule has 0 spiro atoms. The van der Waals surface area contributed by atoms with E-state index in [1.165, 1.54) is 23.1 Å². The number of amides is 2. The van der Waals surface area contributed by atoms with Crippen molar-refractivity contribution >= 4 is 50.7 Å². The van der Waals surface area contributed by atoms with Gasteiger partial charge < -0.3 is 10.2 Å². The molecule has 0 aliphatic rings. The highest BCUT2D eigenvalue weighted by molar-refractivity contribution is 7.92. The zero-order valence-electron chi connectivity index (χ0n) is 18.5. The normalized spacial score (nSPS) is 12.2. The van der Waals surface area contributed by atoms with Crippen molar-refractivity contribution in [2.45, 2.75) is 32.9 Å². The summed E-state index contributed by atoms with van der Waals surface area (Å²) in [7, 11) is -3.89. The number of benzene rings is 2. The van der Waals surface area contributed by atoms with E-state index in [1.54, 1.807) is 19.1 Å². The first kappa shape index (κ1) is 26.9. The Labute approximate surface area is 203 Å². The molecule has 0 heterocycles. The average molecular weight is 518 g/mol. The second-order valence-electron chi connectivity index (χ2n) is 7.47. The van der Waals surface area contributed by atoms with E-state index in [0.717, 1.165) is 22.7 Å². The lowest BCUT2D eigenvalue weighted by molar-refractivity contribution is -0.139. The molecule has 180 valence electrons. The van der Waals surface area contributed by atoms with E-state index in [2.05, 4.69) is 5.32 Å². The molecule has 7 nitrogen and oxygen atoms in total. The van der Waals surface area contributed by atoms with Gasteiger partial charge in [0.25, 0.3) is 0 Å². The molecule has 2 rings (SSSR count). The first-order valence-corrected chi connectivity index (χ1v) is 12.8. The van der Waals surface area contributed by atoms with Crippen LogP contribution in [0.25, 0.3) is 0 Å². The minimum absolute atomic E-state index is 0.0451. The Morgan fingerprint density at radius 1 is 1.12 bits per heavy atom. The third kappa shape index (κ3) is 7.58. The van der Waals surface area contributed by atoms with Crippen LogP contribution in [0.2, 0.25) is 10.0 Å². The van der Waals surface area contributed by atoms with Crippen LogP contribution in [-0.2, 0) is 26.2 Å². The zero-order chi connectivity index (χ0) is 24.8. The van der Waals surface area contributed by atoms with Crippen LogP contribution in [0.4, 0.5) is 10.1 Å². The van der Waals surface area contributed by atoms with Crippen LogP contribution in [0.1, 0.15) is 25.8 Å². The zero-order valence-corrected chi connectivity index (χ0v) is 20.8. The number of nitrogens with zero attached hydrogens (tertiary/aromatic N) is 2. The van der Waals surface area contributed by atoms with Crippen LogP contribution in [0, 0.1) is 5.82 Å². The third-order valence-electron chi connectivity index (χ3n) is 4.87. The Kier molecular flexibility index (Phi) is 9.51. The molecule has 11 heteroatoms. The van der Waals surface area contributed by atoms with Crippen molar-refractivity contribution in [2.75, 3.05) is 23.7 Å². The predicted molar refractivity (Wildman–Crippen MR) is 128 cm³/mol. The van der Waals surface area contributed by atoms with E-state index in [-0.39, 0.29) is 18.1 Å². The summed E-state index contributed by atoms with van der Waals surface area (Å²) in [4.78, 5) is 27.2. The van der Waals surface area contributed by atoms with E-state index >= 15 is 0 Å². The van der Waals surface area contributed by atoms with Gasteiger partial charge in [-0.2, -0.15) is 0 Å². The van der Waals surface area contributed by atoms with Gasteiger partial charge >= 0.3 is 0 Å². The van der Waals surface area contributed by atoms with Crippen molar-refractivity contribution in [3.05, 3.63) is 63.9 Å². The summed E-state index contributed by atoms with van der Waals surface area (Å²) in [6.07, 6.45) is 1.66. The van der Waals surface area contributed by atoms with Crippen LogP contribution in [0.5, 0.6) is 0 Å². The van der Waals surface area contributed by atoms with Crippen molar-refractivity contribution in [2.24, 2.45) is 0 Å². The molecule has 0 radical (unpaired) electrons. The molecule has 0 saturated carbocycles. The summed E-state index contributed by atoms with van der Waals surface area (Å²) in [6, 6.07) is 8.58. The SMILES string of the molecule is CCCNC(=O)[C@H](C)N(Cc1ccc(Cl)cc1Cl)C(=O)CN(c1ccc(F)cc1)S(C)(=O)=O. The molecule has 2 amide bonds. The molecule has 0 aliphatic carbocycles. The number of nitrogens with one attached hydrogen (secondary N) is 1. The molecule has 1 N–H and O–H groups in total. The number of carbonyl (C=O) groups is 2. The van der Waals surface area contributed by atoms with Crippen molar-refractivity contribution in [1.29, 1.82) is 0 Å². The van der Waals surface area contributed by atoms with Gasteiger partial charge in [0.1, 0.15) is 18.4 Å². The van der Waals surface area contributed by atoms with Gasteiger partial charge in [-0.1, -0.05) is 36.2 Å². The van der Waals surface area contributed by atoms with E-state index in [4.69, 9.17) is 23.2 Å². The Balaban J connectivity index is 2.39. The van der Waals surface area contributed by atoms with Gasteiger partial charge in [0.15, 0.2) is 0 Å². The van der Waals surface area contributed by atoms with Gasteiger partial charge in [0.05, 0.1) is 11.9 Å². The summed E-state index contributed by atoms with van der Waals surface area (Å²) < 4.78 is 39.0. The number of hydrogen-bond acceptors (Lipinski definition) is 4. The largest absolute Gasteiger partial charge is 0.354 e. The highest BCUT2D eigenvalue weighted by atomic mass is 35.5. The van der Waals surface area contributed by atoms with Crippen LogP contribution >= 0.6 is 23.2 Å². The summed E-state index contributed by atoms with van der Waals surface area (Å²) in [5, 5.41) is 3.46. The summed E-state index contributed by atoms with van der Waals surface area (Å²) >= 11 is 12.2. The molecule has 2 aromatic carbocycles. The van der Waals surface area contributed by atoms with Gasteiger partial charge in [-0.3, -0.25) is 13.9 Å². The molecule has 0 bridgehead atoms. The fraction of sp³-hybridized carbons (Fsp3) is 0.364. The van der Waals surface area contributed by atoms with Crippen LogP contribution in [0.3, 0.4) is 0 Å². The van der Waals surface area contributed by atoms with Gasteiger partial charge in [-0.05, 0) is 55.3 Å². The summed E-state index contributed by atoms with van der Waals surface area (Å²) in [6.45, 7) is 3.25. The Hall–Kier alpha value is -2.36. The quantitative estimate of drug-likeness (QED) is 0.518. The highest BCUT2D eigenvalue weighted by Crippen LogP contribution is 2.24. The number of anilines is 1. The molecule has 0 unspecified atom stereocenters. The maximum absolute atomic E-state index is 13.3. The lowest BCUT2D eigenvalue weighted by atomic mass is 10.1. The lowest BCUT2D eigenvalue weighted by Crippen LogP contribution is -2.51. The molecule has 0 aromatic heterocycles. The second-order valence-corrected chi connectivity index (χ2v) is 10.2. The van der Waals surface area contributed by atoms with Crippen molar-refractivity contribution < 1.29 is 22.4 Å². The topological polar surface area (TPSA) is 86.8 Å². The standard InChI is InChI=1S/C22H26Cl2FN3O4S/c1-4-11-26-22(30)15(2)27(13-16-5-6-17(23)12-20(16)24)21(29)14-28(33(3,31)32)19-9-7-18(25)8-10-19/h5-10,12,15H,4,11,13-14H2,1-3H3,(H,26,30)/t15-/m0/s1. The number of hydrogen-bond donors (Lipinski definition) is 1. The maximum Gasteiger partial charge on any atom is 0.244 e. The number of carbonyl (C=O) groups excluding carboxylic acids is 2. The van der Waals surface area contributed by atoms with E-state index in [9.17, 15) is 22.4 Å². The van der Waals surface area contributed by atoms with E-state index in [1.807, 2.05) is 6.92 Å². The summed E-state index contributed by atoms with van der Waals surface area (Å²) in [5.41, 5.74) is 0.664. The van der Waals surface area contributed by atoms with Crippen LogP contribution in [0.15, 0.2) is 42.5 Å². The Bertz CT molecular complexity index is 1100. The first-order chi connectivity index (χ1) is 15.4. The van der Waals surface area contributed by atoms with Crippen molar-refractivity contribution in [3.63, 3.8) is 0 Å². The molecule has 0 fully saturated rings. The molecule has 33 heavy (non-hydrogen) atoms. The number of rotatable bonds is 10. The van der Waals surface area contributed by atoms with E-state index < -0.39 is 34.3 Å². The fourth-order valence-corrected chi connectivity index (χ4v) is 4.35. The Morgan fingerprint density at radius 2 is 1.76 bits per heavy atom. The minimum Gasteiger partial charge on any atom is -0.354 e. The fourth-order valence-electron chi connectivity index (χ4n) is 3.03. The van der Waals surface area contributed by atoms with Crippen LogP contribution in [-0.4, -0.2) is 50.5 Å². The molecule has 0 aliphatic heterocycles. The first-order valence-electron chi connectivity index (χ1n) is 10.2. The smallest absolute Gasteiger partial charge is 0.244 e. The lowest BCUT2D eigenvalue weighted by Gasteiger charge is -2.31. The van der Waals surface area contributed by atoms with Gasteiger partial charge in [-0.25, -0.2) is 12.8 Å². The molecular formula is C22H26Cl2FN3O4S. The summed E-state index contributed by atoms with van der Waals surface area (Å²) in [5.74, 6) is -1.56. The highest BCUT2D eigenvalue weighted by Gasteiger charge is 2.30. The number of halogens is 3. The molecule has 2 aromatic rings. The predicted octanol–water partition coefficient (Wildman–Crippen LogP) is 3.84. The Morgan fingerprint density at radius 3 is 2.30 bits per heavy atom. The van der Waals surface area contributed by atoms with Crippen LogP contribution < -0.4 is 9.62 Å². The molecular weight excluding hydrogens is 492 g/mol. The average Bonchev–Trinajstić information content (AvgIpc) is 2.74. The van der Waals surface area contributed by atoms with Gasteiger partial charge in [-0.15, -0.1) is 0 Å². The van der Waals surface area contributed by atoms with Crippen molar-refractivity contribution in [1.82, 2.24) is 10.2 Å². The molecule has 1 atom stereocenters. The maximum atomic E-state index is 13.3. The van der Waals surface area contributed by atoms with Gasteiger partial charge in [0.2, 0.25) is 21.8 Å². The van der Waals surface area contributed by atoms with Crippen molar-refractivity contribution in [3.8, 4) is 0 Å². The monoisotopic (exact) mass is 517 g/mol. The molecule has 0 saturated heterocycles. The second kappa shape index (κ2) is 11.7. The van der Waals surface area contributed by atoms with Gasteiger partial charge in [0, 0.05) is 23.1 Å². The van der Waals surface area contributed by atoms with E-state index in [0.29, 0.717) is 28.6 Å². The third-order valence-corrected chi connectivity index (χ3v) is 6.59.